The fourth-order valence-corrected chi connectivity index (χ4v) is 2.91. The van der Waals surface area contributed by atoms with E-state index in [1.165, 1.54) is 44.9 Å². The van der Waals surface area contributed by atoms with E-state index in [4.69, 9.17) is 14.2 Å². The SMILES string of the molecule is CCCCCCCCCCC#CCOC(=O)CCC(=O)OCC1CCCO1. The van der Waals surface area contributed by atoms with Crippen LogP contribution in [-0.4, -0.2) is 37.9 Å². The van der Waals surface area contributed by atoms with Crippen molar-refractivity contribution in [3.63, 3.8) is 0 Å². The highest BCUT2D eigenvalue weighted by Crippen LogP contribution is 2.12. The van der Waals surface area contributed by atoms with Crippen molar-refractivity contribution < 1.29 is 23.8 Å². The predicted molar refractivity (Wildman–Crippen MR) is 105 cm³/mol. The molecule has 0 bridgehead atoms. The molecule has 1 unspecified atom stereocenters. The number of carbonyl (C=O) groups is 2. The number of hydrogen-bond acceptors (Lipinski definition) is 5. The Bertz CT molecular complexity index is 457. The topological polar surface area (TPSA) is 61.8 Å². The molecule has 0 amide bonds. The summed E-state index contributed by atoms with van der Waals surface area (Å²) in [5.41, 5.74) is 0. The van der Waals surface area contributed by atoms with Crippen molar-refractivity contribution in [3.8, 4) is 11.8 Å². The summed E-state index contributed by atoms with van der Waals surface area (Å²) in [6.07, 6.45) is 13.1. The van der Waals surface area contributed by atoms with Crippen LogP contribution >= 0.6 is 0 Å². The quantitative estimate of drug-likeness (QED) is 0.251. The molecule has 5 heteroatoms. The lowest BCUT2D eigenvalue weighted by Crippen LogP contribution is -2.18. The van der Waals surface area contributed by atoms with Gasteiger partial charge in [-0.1, -0.05) is 63.7 Å². The van der Waals surface area contributed by atoms with Gasteiger partial charge in [0, 0.05) is 13.0 Å². The molecule has 1 heterocycles. The van der Waals surface area contributed by atoms with Crippen LogP contribution in [0.25, 0.3) is 0 Å². The molecule has 0 saturated carbocycles. The lowest BCUT2D eigenvalue weighted by atomic mass is 10.1. The van der Waals surface area contributed by atoms with E-state index in [0.29, 0.717) is 0 Å². The van der Waals surface area contributed by atoms with Gasteiger partial charge < -0.3 is 14.2 Å². The molecule has 5 nitrogen and oxygen atoms in total. The first-order valence-electron chi connectivity index (χ1n) is 10.6. The van der Waals surface area contributed by atoms with Gasteiger partial charge in [-0.15, -0.1) is 0 Å². The molecule has 1 aliphatic rings. The first-order chi connectivity index (χ1) is 13.2. The van der Waals surface area contributed by atoms with Crippen LogP contribution in [-0.2, 0) is 23.8 Å². The summed E-state index contributed by atoms with van der Waals surface area (Å²) in [6, 6.07) is 0. The third kappa shape index (κ3) is 14.2. The Hall–Kier alpha value is -1.54. The summed E-state index contributed by atoms with van der Waals surface area (Å²) in [4.78, 5) is 23.1. The molecule has 0 aromatic carbocycles. The molecule has 1 fully saturated rings. The number of carbonyl (C=O) groups excluding carboxylic acids is 2. The molecule has 0 aliphatic carbocycles. The predicted octanol–water partition coefficient (Wildman–Crippen LogP) is 4.57. The van der Waals surface area contributed by atoms with Crippen LogP contribution in [0.4, 0.5) is 0 Å². The summed E-state index contributed by atoms with van der Waals surface area (Å²) in [6.45, 7) is 3.34. The Kier molecular flexibility index (Phi) is 14.5. The number of rotatable bonds is 14. The van der Waals surface area contributed by atoms with Crippen molar-refractivity contribution in [1.82, 2.24) is 0 Å². The summed E-state index contributed by atoms with van der Waals surface area (Å²) in [7, 11) is 0. The number of esters is 2. The van der Waals surface area contributed by atoms with E-state index in [0.717, 1.165) is 32.3 Å². The minimum Gasteiger partial charge on any atom is -0.463 e. The van der Waals surface area contributed by atoms with Gasteiger partial charge in [-0.3, -0.25) is 9.59 Å². The maximum atomic E-state index is 11.6. The maximum Gasteiger partial charge on any atom is 0.307 e. The van der Waals surface area contributed by atoms with Crippen LogP contribution in [0.15, 0.2) is 0 Å². The van der Waals surface area contributed by atoms with Gasteiger partial charge in [0.25, 0.3) is 0 Å². The lowest BCUT2D eigenvalue weighted by molar-refractivity contribution is -0.151. The summed E-state index contributed by atoms with van der Waals surface area (Å²) in [5.74, 6) is 5.10. The molecule has 1 atom stereocenters. The summed E-state index contributed by atoms with van der Waals surface area (Å²) < 4.78 is 15.5. The van der Waals surface area contributed by atoms with Gasteiger partial charge in [0.2, 0.25) is 0 Å². The Morgan fingerprint density at radius 3 is 2.26 bits per heavy atom. The second-order valence-electron chi connectivity index (χ2n) is 7.06. The van der Waals surface area contributed by atoms with Crippen molar-refractivity contribution in [1.29, 1.82) is 0 Å². The van der Waals surface area contributed by atoms with E-state index in [1.54, 1.807) is 0 Å². The fourth-order valence-electron chi connectivity index (χ4n) is 2.91. The van der Waals surface area contributed by atoms with Crippen LogP contribution in [0.1, 0.15) is 90.4 Å². The van der Waals surface area contributed by atoms with Crippen molar-refractivity contribution in [2.45, 2.75) is 96.5 Å². The minimum absolute atomic E-state index is 0.0113. The lowest BCUT2D eigenvalue weighted by Gasteiger charge is -2.09. The second kappa shape index (κ2) is 16.6. The molecule has 154 valence electrons. The fraction of sp³-hybridized carbons (Fsp3) is 0.818. The molecule has 0 spiro atoms. The standard InChI is InChI=1S/C22H36O5/c1-2-3-4-5-6-7-8-9-10-11-12-17-26-21(23)15-16-22(24)27-19-20-14-13-18-25-20/h20H,2-10,13-19H2,1H3. The van der Waals surface area contributed by atoms with E-state index in [9.17, 15) is 9.59 Å². The van der Waals surface area contributed by atoms with Gasteiger partial charge >= 0.3 is 11.9 Å². The molecule has 1 aliphatic heterocycles. The normalized spacial score (nSPS) is 15.8. The molecule has 0 N–H and O–H groups in total. The Morgan fingerprint density at radius 2 is 1.59 bits per heavy atom. The Balaban J connectivity index is 1.89. The zero-order valence-electron chi connectivity index (χ0n) is 16.9. The van der Waals surface area contributed by atoms with Crippen LogP contribution in [0.3, 0.4) is 0 Å². The van der Waals surface area contributed by atoms with Gasteiger partial charge in [0.1, 0.15) is 6.61 Å². The maximum absolute atomic E-state index is 11.6. The molecular weight excluding hydrogens is 344 g/mol. The van der Waals surface area contributed by atoms with Gasteiger partial charge in [-0.05, 0) is 19.3 Å². The van der Waals surface area contributed by atoms with Crippen molar-refractivity contribution in [3.05, 3.63) is 0 Å². The highest BCUT2D eigenvalue weighted by Gasteiger charge is 2.17. The van der Waals surface area contributed by atoms with Gasteiger partial charge in [0.15, 0.2) is 6.61 Å². The number of unbranched alkanes of at least 4 members (excludes halogenated alkanes) is 8. The number of ether oxygens (including phenoxy) is 3. The smallest absolute Gasteiger partial charge is 0.307 e. The summed E-state index contributed by atoms with van der Waals surface area (Å²) >= 11 is 0. The third-order valence-corrected chi connectivity index (χ3v) is 4.57. The first-order valence-corrected chi connectivity index (χ1v) is 10.6. The van der Waals surface area contributed by atoms with Crippen molar-refractivity contribution in [2.24, 2.45) is 0 Å². The third-order valence-electron chi connectivity index (χ3n) is 4.57. The highest BCUT2D eigenvalue weighted by atomic mass is 16.6. The molecule has 1 saturated heterocycles. The average Bonchev–Trinajstić information content (AvgIpc) is 3.19. The average molecular weight is 381 g/mol. The Labute approximate surface area is 164 Å². The molecular formula is C22H36O5. The zero-order valence-corrected chi connectivity index (χ0v) is 16.9. The van der Waals surface area contributed by atoms with Gasteiger partial charge in [-0.25, -0.2) is 0 Å². The van der Waals surface area contributed by atoms with E-state index in [-0.39, 0.29) is 38.1 Å². The molecule has 0 aromatic heterocycles. The highest BCUT2D eigenvalue weighted by molar-refractivity contribution is 5.77. The van der Waals surface area contributed by atoms with Crippen LogP contribution in [0.5, 0.6) is 0 Å². The van der Waals surface area contributed by atoms with E-state index in [1.807, 2.05) is 0 Å². The van der Waals surface area contributed by atoms with Gasteiger partial charge in [0.05, 0.1) is 18.9 Å². The first kappa shape index (κ1) is 23.5. The van der Waals surface area contributed by atoms with E-state index >= 15 is 0 Å². The number of hydrogen-bond donors (Lipinski definition) is 0. The molecule has 1 rings (SSSR count). The minimum atomic E-state index is -0.412. The molecule has 0 radical (unpaired) electrons. The van der Waals surface area contributed by atoms with Crippen LogP contribution in [0, 0.1) is 11.8 Å². The van der Waals surface area contributed by atoms with E-state index in [2.05, 4.69) is 18.8 Å². The zero-order chi connectivity index (χ0) is 19.6. The Morgan fingerprint density at radius 1 is 0.926 bits per heavy atom. The second-order valence-corrected chi connectivity index (χ2v) is 7.06. The van der Waals surface area contributed by atoms with Gasteiger partial charge in [-0.2, -0.15) is 0 Å². The van der Waals surface area contributed by atoms with Crippen molar-refractivity contribution >= 4 is 11.9 Å². The van der Waals surface area contributed by atoms with E-state index < -0.39 is 5.97 Å². The summed E-state index contributed by atoms with van der Waals surface area (Å²) in [5, 5.41) is 0. The molecule has 0 aromatic rings. The van der Waals surface area contributed by atoms with Crippen molar-refractivity contribution in [2.75, 3.05) is 19.8 Å². The monoisotopic (exact) mass is 380 g/mol. The van der Waals surface area contributed by atoms with Crippen LogP contribution in [0.2, 0.25) is 0 Å². The largest absolute Gasteiger partial charge is 0.463 e. The molecule has 27 heavy (non-hydrogen) atoms. The van der Waals surface area contributed by atoms with Crippen LogP contribution < -0.4 is 0 Å².